The maximum absolute atomic E-state index is 12.0. The molecule has 0 bridgehead atoms. The molecule has 0 fully saturated rings. The van der Waals surface area contributed by atoms with Gasteiger partial charge >= 0.3 is 5.97 Å². The van der Waals surface area contributed by atoms with Crippen LogP contribution in [0.2, 0.25) is 0 Å². The monoisotopic (exact) mass is 499 g/mol. The number of aryl methyl sites for hydroxylation is 1. The van der Waals surface area contributed by atoms with Gasteiger partial charge in [0, 0.05) is 12.0 Å². The second-order valence-corrected chi connectivity index (χ2v) is 10.0. The Bertz CT molecular complexity index is 1390. The third-order valence-electron chi connectivity index (χ3n) is 7.82. The Hall–Kier alpha value is -3.14. The van der Waals surface area contributed by atoms with Crippen molar-refractivity contribution in [3.63, 3.8) is 0 Å². The Morgan fingerprint density at radius 3 is 2.47 bits per heavy atom. The predicted octanol–water partition coefficient (Wildman–Crippen LogP) is 7.62. The van der Waals surface area contributed by atoms with Crippen molar-refractivity contribution in [3.8, 4) is 0 Å². The van der Waals surface area contributed by atoms with Crippen LogP contribution in [0, 0.1) is 19.8 Å². The summed E-state index contributed by atoms with van der Waals surface area (Å²) < 4.78 is 0. The van der Waals surface area contributed by atoms with E-state index in [1.807, 2.05) is 19.9 Å². The summed E-state index contributed by atoms with van der Waals surface area (Å²) in [5.74, 6) is -0.160. The van der Waals surface area contributed by atoms with E-state index in [0.717, 1.165) is 36.1 Å². The molecule has 0 spiro atoms. The molecule has 186 valence electrons. The van der Waals surface area contributed by atoms with E-state index in [1.165, 1.54) is 27.5 Å². The second kappa shape index (κ2) is 10.9. The Kier molecular flexibility index (Phi) is 7.82. The molecular formula is C32H34ClNO2. The largest absolute Gasteiger partial charge is 0.478 e. The van der Waals surface area contributed by atoms with Crippen LogP contribution in [0.25, 0.3) is 10.8 Å². The van der Waals surface area contributed by atoms with Crippen molar-refractivity contribution in [2.45, 2.75) is 45.6 Å². The van der Waals surface area contributed by atoms with Gasteiger partial charge in [-0.3, -0.25) is 0 Å². The van der Waals surface area contributed by atoms with Gasteiger partial charge in [-0.05, 0) is 90.2 Å². The van der Waals surface area contributed by atoms with Crippen LogP contribution in [0.15, 0.2) is 78.9 Å². The van der Waals surface area contributed by atoms with Gasteiger partial charge in [0.25, 0.3) is 0 Å². The molecule has 4 heteroatoms. The molecule has 4 aromatic rings. The van der Waals surface area contributed by atoms with Gasteiger partial charge in [0.15, 0.2) is 0 Å². The first-order valence-corrected chi connectivity index (χ1v) is 12.6. The lowest BCUT2D eigenvalue weighted by molar-refractivity contribution is 0.0695. The highest BCUT2D eigenvalue weighted by atomic mass is 35.5. The van der Waals surface area contributed by atoms with Crippen molar-refractivity contribution in [3.05, 3.63) is 118 Å². The average molecular weight is 500 g/mol. The van der Waals surface area contributed by atoms with Crippen molar-refractivity contribution in [2.24, 2.45) is 5.92 Å². The molecular weight excluding hydrogens is 466 g/mol. The summed E-state index contributed by atoms with van der Waals surface area (Å²) in [6.07, 6.45) is 2.05. The highest BCUT2D eigenvalue weighted by Crippen LogP contribution is 2.41. The van der Waals surface area contributed by atoms with Crippen LogP contribution in [-0.4, -0.2) is 17.6 Å². The highest BCUT2D eigenvalue weighted by molar-refractivity contribution is 5.91. The standard InChI is InChI=1S/C32H33NO2.ClH/c1-20-15-16-26(21(2)31(20)32(34)35)30-18-23(17-25-10-5-7-13-29(25)30)19-33-22(3)27-14-8-11-24-9-4-6-12-28(24)27;/h4-16,22-23,30,33H,17-19H2,1-3H3,(H,34,35);1H/t22-,23?,30?;/m1./s1. The number of aromatic carboxylic acids is 1. The maximum atomic E-state index is 12.0. The van der Waals surface area contributed by atoms with Crippen molar-refractivity contribution in [2.75, 3.05) is 6.54 Å². The summed E-state index contributed by atoms with van der Waals surface area (Å²) in [5, 5.41) is 16.2. The molecule has 5 rings (SSSR count). The van der Waals surface area contributed by atoms with Gasteiger partial charge in [0.05, 0.1) is 5.56 Å². The first-order valence-electron chi connectivity index (χ1n) is 12.6. The van der Waals surface area contributed by atoms with Gasteiger partial charge in [0.2, 0.25) is 0 Å². The zero-order chi connectivity index (χ0) is 24.5. The summed E-state index contributed by atoms with van der Waals surface area (Å²) in [4.78, 5) is 12.0. The van der Waals surface area contributed by atoms with E-state index < -0.39 is 5.97 Å². The minimum atomic E-state index is -0.840. The van der Waals surface area contributed by atoms with E-state index in [0.29, 0.717) is 11.5 Å². The molecule has 0 aromatic heterocycles. The molecule has 0 amide bonds. The Labute approximate surface area is 220 Å². The van der Waals surface area contributed by atoms with Crippen molar-refractivity contribution < 1.29 is 9.90 Å². The van der Waals surface area contributed by atoms with Crippen LogP contribution >= 0.6 is 12.4 Å². The third kappa shape index (κ3) is 4.91. The molecule has 2 N–H and O–H groups in total. The molecule has 1 aliphatic carbocycles. The average Bonchev–Trinajstić information content (AvgIpc) is 2.86. The number of carboxylic acid groups (broad SMARTS) is 1. The first kappa shape index (κ1) is 25.9. The predicted molar refractivity (Wildman–Crippen MR) is 151 cm³/mol. The van der Waals surface area contributed by atoms with Crippen LogP contribution in [0.4, 0.5) is 0 Å². The van der Waals surface area contributed by atoms with Crippen LogP contribution in [0.5, 0.6) is 0 Å². The molecule has 36 heavy (non-hydrogen) atoms. The number of hydrogen-bond donors (Lipinski definition) is 2. The fourth-order valence-corrected chi connectivity index (χ4v) is 6.02. The molecule has 0 saturated carbocycles. The quantitative estimate of drug-likeness (QED) is 0.287. The normalized spacial score (nSPS) is 17.8. The van der Waals surface area contributed by atoms with Gasteiger partial charge in [-0.1, -0.05) is 78.9 Å². The van der Waals surface area contributed by atoms with E-state index in [1.54, 1.807) is 0 Å². The van der Waals surface area contributed by atoms with Gasteiger partial charge < -0.3 is 10.4 Å². The van der Waals surface area contributed by atoms with Crippen LogP contribution in [0.3, 0.4) is 0 Å². The number of hydrogen-bond acceptors (Lipinski definition) is 2. The van der Waals surface area contributed by atoms with Gasteiger partial charge in [-0.25, -0.2) is 4.79 Å². The number of carbonyl (C=O) groups is 1. The minimum Gasteiger partial charge on any atom is -0.478 e. The lowest BCUT2D eigenvalue weighted by Crippen LogP contribution is -2.31. The highest BCUT2D eigenvalue weighted by Gasteiger charge is 2.30. The lowest BCUT2D eigenvalue weighted by atomic mass is 9.72. The van der Waals surface area contributed by atoms with Crippen LogP contribution in [-0.2, 0) is 6.42 Å². The number of carboxylic acids is 1. The summed E-state index contributed by atoms with van der Waals surface area (Å²) in [6, 6.07) is 28.2. The maximum Gasteiger partial charge on any atom is 0.336 e. The van der Waals surface area contributed by atoms with E-state index in [9.17, 15) is 9.90 Å². The molecule has 1 aliphatic rings. The summed E-state index contributed by atoms with van der Waals surface area (Å²) in [6.45, 7) is 7.03. The minimum absolute atomic E-state index is 0. The molecule has 3 atom stereocenters. The fraction of sp³-hybridized carbons (Fsp3) is 0.281. The summed E-state index contributed by atoms with van der Waals surface area (Å²) >= 11 is 0. The van der Waals surface area contributed by atoms with Crippen molar-refractivity contribution in [1.82, 2.24) is 5.32 Å². The second-order valence-electron chi connectivity index (χ2n) is 10.0. The zero-order valence-corrected chi connectivity index (χ0v) is 21.9. The number of fused-ring (bicyclic) bond motifs is 2. The molecule has 3 nitrogen and oxygen atoms in total. The summed E-state index contributed by atoms with van der Waals surface area (Å²) in [7, 11) is 0. The number of nitrogens with one attached hydrogen (secondary N) is 1. The van der Waals surface area contributed by atoms with Gasteiger partial charge in [-0.2, -0.15) is 0 Å². The van der Waals surface area contributed by atoms with Crippen LogP contribution < -0.4 is 5.32 Å². The van der Waals surface area contributed by atoms with Crippen molar-refractivity contribution in [1.29, 1.82) is 0 Å². The SMILES string of the molecule is Cc1ccc(C2CC(CN[C@H](C)c3cccc4ccccc34)Cc3ccccc32)c(C)c1C(=O)O.Cl. The Morgan fingerprint density at radius 2 is 1.67 bits per heavy atom. The molecule has 0 saturated heterocycles. The topological polar surface area (TPSA) is 49.3 Å². The van der Waals surface area contributed by atoms with Crippen LogP contribution in [0.1, 0.15) is 69.0 Å². The van der Waals surface area contributed by atoms with Crippen molar-refractivity contribution >= 4 is 29.1 Å². The molecule has 2 unspecified atom stereocenters. The van der Waals surface area contributed by atoms with Gasteiger partial charge in [0.1, 0.15) is 0 Å². The van der Waals surface area contributed by atoms with E-state index in [4.69, 9.17) is 0 Å². The third-order valence-corrected chi connectivity index (χ3v) is 7.82. The number of halogens is 1. The molecule has 0 aliphatic heterocycles. The Morgan fingerprint density at radius 1 is 0.944 bits per heavy atom. The first-order chi connectivity index (χ1) is 16.9. The number of rotatable bonds is 6. The smallest absolute Gasteiger partial charge is 0.336 e. The number of benzene rings is 4. The van der Waals surface area contributed by atoms with E-state index in [-0.39, 0.29) is 24.4 Å². The van der Waals surface area contributed by atoms with E-state index >= 15 is 0 Å². The zero-order valence-electron chi connectivity index (χ0n) is 21.1. The summed E-state index contributed by atoms with van der Waals surface area (Å²) in [5.41, 5.74) is 7.37. The molecule has 4 aromatic carbocycles. The molecule has 0 radical (unpaired) electrons. The fourth-order valence-electron chi connectivity index (χ4n) is 6.02. The van der Waals surface area contributed by atoms with Gasteiger partial charge in [-0.15, -0.1) is 12.4 Å². The lowest BCUT2D eigenvalue weighted by Gasteiger charge is -2.34. The molecule has 0 heterocycles. The van der Waals surface area contributed by atoms with E-state index in [2.05, 4.69) is 85.0 Å². The Balaban J connectivity index is 0.00000304.